The number of hydrogen-bond donors (Lipinski definition) is 1. The van der Waals surface area contributed by atoms with Gasteiger partial charge in [-0.3, -0.25) is 9.59 Å². The Labute approximate surface area is 134 Å². The van der Waals surface area contributed by atoms with E-state index in [0.717, 1.165) is 17.3 Å². The Hall–Kier alpha value is -2.68. The molecule has 0 saturated heterocycles. The zero-order valence-corrected chi connectivity index (χ0v) is 13.1. The zero-order valence-electron chi connectivity index (χ0n) is 13.1. The summed E-state index contributed by atoms with van der Waals surface area (Å²) in [6, 6.07) is 13.1. The lowest BCUT2D eigenvalue weighted by atomic mass is 9.86. The Morgan fingerprint density at radius 3 is 2.39 bits per heavy atom. The lowest BCUT2D eigenvalue weighted by Gasteiger charge is -2.14. The van der Waals surface area contributed by atoms with Gasteiger partial charge in [0.15, 0.2) is 5.78 Å². The van der Waals surface area contributed by atoms with Crippen molar-refractivity contribution in [1.82, 2.24) is 4.98 Å². The summed E-state index contributed by atoms with van der Waals surface area (Å²) in [5.74, 6) is 0.255. The van der Waals surface area contributed by atoms with E-state index in [0.29, 0.717) is 28.3 Å². The van der Waals surface area contributed by atoms with Crippen molar-refractivity contribution in [2.45, 2.75) is 26.2 Å². The van der Waals surface area contributed by atoms with Crippen molar-refractivity contribution >= 4 is 22.5 Å². The molecule has 0 aliphatic heterocycles. The number of rotatable bonds is 2. The molecule has 0 bridgehead atoms. The molecule has 3 nitrogen and oxygen atoms in total. The van der Waals surface area contributed by atoms with Crippen LogP contribution in [0.2, 0.25) is 0 Å². The fourth-order valence-electron chi connectivity index (χ4n) is 3.31. The molecule has 0 saturated carbocycles. The minimum atomic E-state index is -0.100. The third kappa shape index (κ3) is 1.89. The summed E-state index contributed by atoms with van der Waals surface area (Å²) < 4.78 is 0. The van der Waals surface area contributed by atoms with Gasteiger partial charge >= 0.3 is 0 Å². The summed E-state index contributed by atoms with van der Waals surface area (Å²) in [7, 11) is 0. The predicted octanol–water partition coefficient (Wildman–Crippen LogP) is 4.46. The molecule has 1 aliphatic rings. The van der Waals surface area contributed by atoms with Crippen molar-refractivity contribution < 1.29 is 9.59 Å². The molecule has 23 heavy (non-hydrogen) atoms. The highest BCUT2D eigenvalue weighted by Gasteiger charge is 2.32. The summed E-state index contributed by atoms with van der Waals surface area (Å²) in [6.07, 6.45) is 1.04. The van der Waals surface area contributed by atoms with Crippen molar-refractivity contribution in [3.05, 3.63) is 70.4 Å². The van der Waals surface area contributed by atoms with Crippen molar-refractivity contribution in [3.63, 3.8) is 0 Å². The normalized spacial score (nSPS) is 14.7. The number of fused-ring (bicyclic) bond motifs is 4. The largest absolute Gasteiger partial charge is 0.351 e. The van der Waals surface area contributed by atoms with E-state index in [1.165, 1.54) is 5.56 Å². The van der Waals surface area contributed by atoms with E-state index in [9.17, 15) is 9.59 Å². The van der Waals surface area contributed by atoms with Crippen LogP contribution in [0.15, 0.2) is 42.5 Å². The summed E-state index contributed by atoms with van der Waals surface area (Å²) >= 11 is 0. The number of benzene rings is 2. The standard InChI is InChI=1S/C20H17NO2/c1-3-11(2)12-8-9-16-15(10-12)17-18(21-16)20(23)14-7-5-4-6-13(14)19(17)22/h4-11,21H,3H2,1-2H3. The number of aromatic amines is 1. The average Bonchev–Trinajstić information content (AvgIpc) is 2.98. The molecule has 114 valence electrons. The van der Waals surface area contributed by atoms with Crippen LogP contribution in [0.4, 0.5) is 0 Å². The van der Waals surface area contributed by atoms with Crippen molar-refractivity contribution in [2.75, 3.05) is 0 Å². The first-order valence-corrected chi connectivity index (χ1v) is 7.96. The van der Waals surface area contributed by atoms with Crippen LogP contribution in [-0.4, -0.2) is 16.6 Å². The van der Waals surface area contributed by atoms with Gasteiger partial charge in [0, 0.05) is 22.0 Å². The molecular formula is C20H17NO2. The number of carbonyl (C=O) groups excluding carboxylic acids is 2. The quantitative estimate of drug-likeness (QED) is 0.594. The van der Waals surface area contributed by atoms with Gasteiger partial charge in [-0.1, -0.05) is 44.2 Å². The van der Waals surface area contributed by atoms with Crippen LogP contribution in [0.25, 0.3) is 10.9 Å². The van der Waals surface area contributed by atoms with Gasteiger partial charge in [0.1, 0.15) is 0 Å². The van der Waals surface area contributed by atoms with E-state index in [1.807, 2.05) is 6.07 Å². The smallest absolute Gasteiger partial charge is 0.210 e. The highest BCUT2D eigenvalue weighted by Crippen LogP contribution is 2.34. The number of nitrogens with one attached hydrogen (secondary N) is 1. The topological polar surface area (TPSA) is 49.9 Å². The molecule has 3 aromatic rings. The third-order valence-electron chi connectivity index (χ3n) is 4.87. The van der Waals surface area contributed by atoms with E-state index in [4.69, 9.17) is 0 Å². The van der Waals surface area contributed by atoms with Crippen LogP contribution in [-0.2, 0) is 0 Å². The number of ketones is 2. The number of aromatic nitrogens is 1. The Kier molecular flexibility index (Phi) is 2.98. The molecule has 1 unspecified atom stereocenters. The van der Waals surface area contributed by atoms with Gasteiger partial charge in [-0.15, -0.1) is 0 Å². The highest BCUT2D eigenvalue weighted by molar-refractivity contribution is 6.32. The van der Waals surface area contributed by atoms with Gasteiger partial charge < -0.3 is 4.98 Å². The third-order valence-corrected chi connectivity index (χ3v) is 4.87. The van der Waals surface area contributed by atoms with Crippen LogP contribution < -0.4 is 0 Å². The molecular weight excluding hydrogens is 286 g/mol. The molecule has 1 atom stereocenters. The van der Waals surface area contributed by atoms with Crippen LogP contribution in [0.1, 0.15) is 63.7 Å². The second-order valence-corrected chi connectivity index (χ2v) is 6.19. The first-order chi connectivity index (χ1) is 11.1. The van der Waals surface area contributed by atoms with E-state index >= 15 is 0 Å². The molecule has 3 heteroatoms. The fourth-order valence-corrected chi connectivity index (χ4v) is 3.31. The van der Waals surface area contributed by atoms with Gasteiger partial charge in [-0.05, 0) is 30.0 Å². The first-order valence-electron chi connectivity index (χ1n) is 7.96. The van der Waals surface area contributed by atoms with E-state index in [1.54, 1.807) is 24.3 Å². The second-order valence-electron chi connectivity index (χ2n) is 6.19. The first kappa shape index (κ1) is 13.9. The molecule has 0 radical (unpaired) electrons. The lowest BCUT2D eigenvalue weighted by molar-refractivity contribution is 0.0978. The maximum Gasteiger partial charge on any atom is 0.210 e. The van der Waals surface area contributed by atoms with Gasteiger partial charge in [0.05, 0.1) is 11.3 Å². The molecule has 0 fully saturated rings. The molecule has 2 aromatic carbocycles. The Balaban J connectivity index is 2.00. The van der Waals surface area contributed by atoms with Crippen LogP contribution in [0.3, 0.4) is 0 Å². The van der Waals surface area contributed by atoms with Gasteiger partial charge in [0.2, 0.25) is 5.78 Å². The van der Waals surface area contributed by atoms with E-state index in [-0.39, 0.29) is 11.6 Å². The SMILES string of the molecule is CCC(C)c1ccc2[nH]c3c(c2c1)C(=O)c1ccccc1C3=O. The van der Waals surface area contributed by atoms with Crippen LogP contribution in [0.5, 0.6) is 0 Å². The van der Waals surface area contributed by atoms with Gasteiger partial charge in [-0.25, -0.2) is 0 Å². The van der Waals surface area contributed by atoms with Crippen LogP contribution >= 0.6 is 0 Å². The summed E-state index contributed by atoms with van der Waals surface area (Å²) in [6.45, 7) is 4.31. The molecule has 1 aromatic heterocycles. The maximum atomic E-state index is 12.9. The Bertz CT molecular complexity index is 965. The zero-order chi connectivity index (χ0) is 16.1. The van der Waals surface area contributed by atoms with Gasteiger partial charge in [0.25, 0.3) is 0 Å². The predicted molar refractivity (Wildman–Crippen MR) is 90.3 cm³/mol. The molecule has 1 N–H and O–H groups in total. The molecule has 0 amide bonds. The van der Waals surface area contributed by atoms with E-state index in [2.05, 4.69) is 31.0 Å². The monoisotopic (exact) mass is 303 g/mol. The average molecular weight is 303 g/mol. The van der Waals surface area contributed by atoms with Crippen molar-refractivity contribution in [2.24, 2.45) is 0 Å². The summed E-state index contributed by atoms with van der Waals surface area (Å²) in [5.41, 5.74) is 3.97. The van der Waals surface area contributed by atoms with Crippen molar-refractivity contribution in [1.29, 1.82) is 0 Å². The molecule has 4 rings (SSSR count). The molecule has 1 aliphatic carbocycles. The minimum absolute atomic E-state index is 0.0669. The van der Waals surface area contributed by atoms with Crippen molar-refractivity contribution in [3.8, 4) is 0 Å². The minimum Gasteiger partial charge on any atom is -0.351 e. The lowest BCUT2D eigenvalue weighted by Crippen LogP contribution is -2.20. The summed E-state index contributed by atoms with van der Waals surface area (Å²) in [5, 5.41) is 0.852. The van der Waals surface area contributed by atoms with E-state index < -0.39 is 0 Å². The second kappa shape index (κ2) is 4.92. The van der Waals surface area contributed by atoms with Crippen LogP contribution in [0, 0.1) is 0 Å². The maximum absolute atomic E-state index is 12.9. The molecule has 1 heterocycles. The number of carbonyl (C=O) groups is 2. The Morgan fingerprint density at radius 1 is 1.00 bits per heavy atom. The highest BCUT2D eigenvalue weighted by atomic mass is 16.1. The number of H-pyrrole nitrogens is 1. The van der Waals surface area contributed by atoms with Gasteiger partial charge in [-0.2, -0.15) is 0 Å². The molecule has 0 spiro atoms. The fraction of sp³-hybridized carbons (Fsp3) is 0.200. The number of hydrogen-bond acceptors (Lipinski definition) is 2. The Morgan fingerprint density at radius 2 is 1.70 bits per heavy atom. The summed E-state index contributed by atoms with van der Waals surface area (Å²) in [4.78, 5) is 28.8.